The van der Waals surface area contributed by atoms with Crippen LogP contribution in [0.15, 0.2) is 66.7 Å². The molecule has 0 radical (unpaired) electrons. The Bertz CT molecular complexity index is 1660. The Labute approximate surface area is 264 Å². The summed E-state index contributed by atoms with van der Waals surface area (Å²) in [4.78, 5) is 44.6. The predicted octanol–water partition coefficient (Wildman–Crippen LogP) is 5.05. The third kappa shape index (κ3) is 6.38. The zero-order valence-corrected chi connectivity index (χ0v) is 24.7. The van der Waals surface area contributed by atoms with Gasteiger partial charge in [-0.15, -0.1) is 0 Å². The molecule has 15 heteroatoms. The van der Waals surface area contributed by atoms with Crippen LogP contribution in [0.4, 0.5) is 32.0 Å². The van der Waals surface area contributed by atoms with E-state index in [1.165, 1.54) is 4.90 Å². The second kappa shape index (κ2) is 12.0. The van der Waals surface area contributed by atoms with Crippen LogP contribution >= 0.6 is 0 Å². The number of nitrogens with one attached hydrogen (secondary N) is 1. The number of piperidine rings is 1. The van der Waals surface area contributed by atoms with Crippen LogP contribution in [0.25, 0.3) is 0 Å². The fraction of sp³-hybridized carbons (Fsp3) is 0.344. The summed E-state index contributed by atoms with van der Waals surface area (Å²) in [5, 5.41) is 2.79. The zero-order chi connectivity index (χ0) is 33.6. The van der Waals surface area contributed by atoms with Gasteiger partial charge in [-0.25, -0.2) is 0 Å². The first-order valence-electron chi connectivity index (χ1n) is 14.6. The first-order chi connectivity index (χ1) is 22.2. The summed E-state index contributed by atoms with van der Waals surface area (Å²) in [7, 11) is 0. The van der Waals surface area contributed by atoms with Crippen molar-refractivity contribution in [2.75, 3.05) is 38.0 Å². The molecule has 3 heterocycles. The summed E-state index contributed by atoms with van der Waals surface area (Å²) >= 11 is 0. The van der Waals surface area contributed by atoms with Gasteiger partial charge in [-0.3, -0.25) is 14.4 Å². The Balaban J connectivity index is 1.18. The minimum absolute atomic E-state index is 0.0310. The van der Waals surface area contributed by atoms with Gasteiger partial charge in [0.05, 0.1) is 17.8 Å². The normalized spacial score (nSPS) is 17.4. The smallest absolute Gasteiger partial charge is 0.416 e. The molecule has 2 saturated heterocycles. The van der Waals surface area contributed by atoms with E-state index >= 15 is 0 Å². The quantitative estimate of drug-likeness (QED) is 0.372. The topological polar surface area (TPSA) is 91.4 Å². The monoisotopic (exact) mass is 662 g/mol. The number of alkyl halides is 6. The predicted molar refractivity (Wildman–Crippen MR) is 154 cm³/mol. The van der Waals surface area contributed by atoms with Crippen LogP contribution in [0, 0.1) is 0 Å². The van der Waals surface area contributed by atoms with Crippen molar-refractivity contribution in [2.24, 2.45) is 0 Å². The van der Waals surface area contributed by atoms with E-state index in [9.17, 15) is 40.7 Å². The van der Waals surface area contributed by atoms with E-state index in [0.29, 0.717) is 29.3 Å². The molecule has 0 aromatic heterocycles. The molecule has 2 fully saturated rings. The Morgan fingerprint density at radius 1 is 0.830 bits per heavy atom. The summed E-state index contributed by atoms with van der Waals surface area (Å²) in [5.74, 6) is -0.634. The number of para-hydroxylation sites is 1. The summed E-state index contributed by atoms with van der Waals surface area (Å²) < 4.78 is 91.2. The number of ether oxygens (including phenoxy) is 2. The van der Waals surface area contributed by atoms with Crippen molar-refractivity contribution in [2.45, 2.75) is 37.3 Å². The number of nitrogens with zero attached hydrogens (tertiary/aromatic N) is 3. The van der Waals surface area contributed by atoms with Crippen molar-refractivity contribution in [3.8, 4) is 11.5 Å². The van der Waals surface area contributed by atoms with Crippen LogP contribution < -0.4 is 19.7 Å². The maximum atomic E-state index is 14.0. The number of rotatable bonds is 6. The molecule has 47 heavy (non-hydrogen) atoms. The highest BCUT2D eigenvalue weighted by molar-refractivity contribution is 5.98. The zero-order valence-electron chi connectivity index (χ0n) is 24.7. The molecule has 9 nitrogen and oxygen atoms in total. The SMILES string of the molecule is O=C(CN1CN(c2ccccc2)C2(CCN(C(=O)c3cc(C(F)(F)F)cc(C(F)(F)F)c3)CC2)C1=O)NCc1ccc2c(c1)OCO2. The number of amides is 3. The van der Waals surface area contributed by atoms with Crippen LogP contribution in [0.3, 0.4) is 0 Å². The number of fused-ring (bicyclic) bond motifs is 1. The lowest BCUT2D eigenvalue weighted by atomic mass is 9.85. The van der Waals surface area contributed by atoms with E-state index in [-0.39, 0.29) is 64.5 Å². The molecule has 0 aliphatic carbocycles. The molecule has 3 aliphatic rings. The van der Waals surface area contributed by atoms with Gasteiger partial charge < -0.3 is 29.5 Å². The molecular formula is C32H28F6N4O5. The number of halogens is 6. The Morgan fingerprint density at radius 2 is 1.47 bits per heavy atom. The molecule has 6 rings (SSSR count). The number of benzene rings is 3. The second-order valence-corrected chi connectivity index (χ2v) is 11.5. The number of hydrogen-bond donors (Lipinski definition) is 1. The Kier molecular flexibility index (Phi) is 8.18. The van der Waals surface area contributed by atoms with Crippen LogP contribution in [0.1, 0.15) is 39.9 Å². The molecular weight excluding hydrogens is 634 g/mol. The molecule has 3 aromatic rings. The third-order valence-corrected chi connectivity index (χ3v) is 8.56. The number of carbonyl (C=O) groups is 3. The van der Waals surface area contributed by atoms with Gasteiger partial charge in [-0.1, -0.05) is 24.3 Å². The fourth-order valence-corrected chi connectivity index (χ4v) is 6.14. The van der Waals surface area contributed by atoms with E-state index in [1.807, 2.05) is 4.90 Å². The number of carbonyl (C=O) groups excluding carboxylic acids is 3. The lowest BCUT2D eigenvalue weighted by Gasteiger charge is -2.43. The first kappa shape index (κ1) is 32.0. The van der Waals surface area contributed by atoms with Crippen LogP contribution in [0.5, 0.6) is 11.5 Å². The number of anilines is 1. The van der Waals surface area contributed by atoms with E-state index in [4.69, 9.17) is 9.47 Å². The minimum Gasteiger partial charge on any atom is -0.454 e. The first-order valence-corrected chi connectivity index (χ1v) is 14.6. The molecule has 3 amide bonds. The molecule has 248 valence electrons. The molecule has 1 N–H and O–H groups in total. The largest absolute Gasteiger partial charge is 0.454 e. The standard InChI is InChI=1S/C32H28F6N4O5/c33-31(34,35)22-13-21(14-23(15-22)32(36,37)38)28(44)40-10-8-30(9-11-40)29(45)41(18-42(30)24-4-2-1-3-5-24)17-27(43)39-16-20-6-7-25-26(12-20)47-19-46-25/h1-7,12-15H,8-11,16-19H2,(H,39,43). The van der Waals surface area contributed by atoms with Gasteiger partial charge in [0.2, 0.25) is 12.7 Å². The third-order valence-electron chi connectivity index (χ3n) is 8.56. The second-order valence-electron chi connectivity index (χ2n) is 11.5. The number of likely N-dealkylation sites (tertiary alicyclic amines) is 1. The molecule has 0 bridgehead atoms. The maximum absolute atomic E-state index is 14.0. The van der Waals surface area contributed by atoms with Crippen LogP contribution in [0.2, 0.25) is 0 Å². The van der Waals surface area contributed by atoms with Crippen molar-refractivity contribution < 1.29 is 50.2 Å². The van der Waals surface area contributed by atoms with Crippen LogP contribution in [-0.2, 0) is 28.5 Å². The van der Waals surface area contributed by atoms with E-state index in [2.05, 4.69) is 5.32 Å². The van der Waals surface area contributed by atoms with Gasteiger partial charge in [0.15, 0.2) is 11.5 Å². The van der Waals surface area contributed by atoms with Gasteiger partial charge in [-0.2, -0.15) is 26.3 Å². The summed E-state index contributed by atoms with van der Waals surface area (Å²) in [5.41, 5.74) is -3.67. The maximum Gasteiger partial charge on any atom is 0.416 e. The molecule has 0 saturated carbocycles. The Hall–Kier alpha value is -4.95. The van der Waals surface area contributed by atoms with Gasteiger partial charge in [-0.05, 0) is 60.9 Å². The van der Waals surface area contributed by atoms with Crippen molar-refractivity contribution in [1.82, 2.24) is 15.1 Å². The lowest BCUT2D eigenvalue weighted by Crippen LogP contribution is -2.57. The van der Waals surface area contributed by atoms with Crippen molar-refractivity contribution >= 4 is 23.4 Å². The van der Waals surface area contributed by atoms with E-state index in [0.717, 1.165) is 10.5 Å². The van der Waals surface area contributed by atoms with Crippen LogP contribution in [-0.4, -0.2) is 66.2 Å². The van der Waals surface area contributed by atoms with E-state index in [1.54, 1.807) is 48.5 Å². The minimum atomic E-state index is -5.10. The average molecular weight is 663 g/mol. The lowest BCUT2D eigenvalue weighted by molar-refractivity contribution is -0.143. The fourth-order valence-electron chi connectivity index (χ4n) is 6.14. The number of hydrogen-bond acceptors (Lipinski definition) is 6. The van der Waals surface area contributed by atoms with Crippen molar-refractivity contribution in [3.05, 3.63) is 89.0 Å². The summed E-state index contributed by atoms with van der Waals surface area (Å²) in [6.45, 7) is -0.157. The summed E-state index contributed by atoms with van der Waals surface area (Å²) in [6.07, 6.45) is -10.1. The molecule has 0 atom stereocenters. The molecule has 3 aromatic carbocycles. The van der Waals surface area contributed by atoms with Gasteiger partial charge >= 0.3 is 12.4 Å². The summed E-state index contributed by atoms with van der Waals surface area (Å²) in [6, 6.07) is 15.0. The Morgan fingerprint density at radius 3 is 2.11 bits per heavy atom. The van der Waals surface area contributed by atoms with Gasteiger partial charge in [0, 0.05) is 30.9 Å². The highest BCUT2D eigenvalue weighted by Gasteiger charge is 2.54. The molecule has 3 aliphatic heterocycles. The van der Waals surface area contributed by atoms with Crippen molar-refractivity contribution in [1.29, 1.82) is 0 Å². The highest BCUT2D eigenvalue weighted by Crippen LogP contribution is 2.41. The van der Waals surface area contributed by atoms with Gasteiger partial charge in [0.1, 0.15) is 12.1 Å². The van der Waals surface area contributed by atoms with Crippen molar-refractivity contribution in [3.63, 3.8) is 0 Å². The van der Waals surface area contributed by atoms with Gasteiger partial charge in [0.25, 0.3) is 11.8 Å². The highest BCUT2D eigenvalue weighted by atomic mass is 19.4. The van der Waals surface area contributed by atoms with E-state index < -0.39 is 46.4 Å². The molecule has 1 spiro atoms. The molecule has 0 unspecified atom stereocenters. The average Bonchev–Trinajstić information content (AvgIpc) is 3.62.